The number of hydrogen-bond donors (Lipinski definition) is 1. The summed E-state index contributed by atoms with van der Waals surface area (Å²) in [5.74, 6) is -0.127. The molecule has 1 aliphatic rings. The Labute approximate surface area is 117 Å². The van der Waals surface area contributed by atoms with Gasteiger partial charge in [-0.1, -0.05) is 12.1 Å². The van der Waals surface area contributed by atoms with E-state index in [2.05, 4.69) is 5.32 Å². The van der Waals surface area contributed by atoms with E-state index in [1.54, 1.807) is 0 Å². The van der Waals surface area contributed by atoms with E-state index in [9.17, 15) is 18.5 Å². The number of benzene rings is 1. The average molecular weight is 299 g/mol. The van der Waals surface area contributed by atoms with E-state index in [1.165, 1.54) is 28.6 Å². The van der Waals surface area contributed by atoms with E-state index in [1.807, 2.05) is 6.92 Å². The largest absolute Gasteiger partial charge is 0.312 e. The molecule has 1 N–H and O–H groups in total. The van der Waals surface area contributed by atoms with Crippen LogP contribution in [0.25, 0.3) is 0 Å². The van der Waals surface area contributed by atoms with Crippen LogP contribution in [0.4, 0.5) is 5.69 Å². The summed E-state index contributed by atoms with van der Waals surface area (Å²) in [7, 11) is -3.38. The van der Waals surface area contributed by atoms with Gasteiger partial charge in [-0.2, -0.15) is 4.31 Å². The van der Waals surface area contributed by atoms with Crippen molar-refractivity contribution < 1.29 is 13.3 Å². The molecule has 0 aliphatic carbocycles. The number of non-ortho nitro benzene ring substituents is 1. The van der Waals surface area contributed by atoms with Gasteiger partial charge in [0.05, 0.1) is 10.7 Å². The maximum atomic E-state index is 12.3. The predicted octanol–water partition coefficient (Wildman–Crippen LogP) is 0.718. The normalized spacial score (nSPS) is 20.8. The van der Waals surface area contributed by atoms with Crippen LogP contribution in [0.2, 0.25) is 0 Å². The van der Waals surface area contributed by atoms with Crippen molar-refractivity contribution in [1.29, 1.82) is 0 Å². The predicted molar refractivity (Wildman–Crippen MR) is 74.8 cm³/mol. The lowest BCUT2D eigenvalue weighted by atomic mass is 10.2. The van der Waals surface area contributed by atoms with E-state index in [-0.39, 0.29) is 17.5 Å². The molecule has 110 valence electrons. The highest BCUT2D eigenvalue weighted by molar-refractivity contribution is 7.88. The Morgan fingerprint density at radius 2 is 2.05 bits per heavy atom. The van der Waals surface area contributed by atoms with Gasteiger partial charge in [0.15, 0.2) is 0 Å². The fourth-order valence-corrected chi connectivity index (χ4v) is 3.78. The van der Waals surface area contributed by atoms with Gasteiger partial charge in [-0.25, -0.2) is 8.42 Å². The number of nitro benzene ring substituents is 1. The van der Waals surface area contributed by atoms with Gasteiger partial charge in [0, 0.05) is 37.8 Å². The molecule has 0 aromatic heterocycles. The second-order valence-corrected chi connectivity index (χ2v) is 6.86. The van der Waals surface area contributed by atoms with Gasteiger partial charge >= 0.3 is 0 Å². The van der Waals surface area contributed by atoms with Crippen LogP contribution in [0.3, 0.4) is 0 Å². The molecule has 1 saturated heterocycles. The summed E-state index contributed by atoms with van der Waals surface area (Å²) in [6.07, 6.45) is 0. The topological polar surface area (TPSA) is 92.5 Å². The summed E-state index contributed by atoms with van der Waals surface area (Å²) < 4.78 is 26.0. The Balaban J connectivity index is 2.09. The van der Waals surface area contributed by atoms with E-state index in [4.69, 9.17) is 0 Å². The molecule has 1 heterocycles. The Kier molecular flexibility index (Phi) is 4.36. The Morgan fingerprint density at radius 3 is 2.60 bits per heavy atom. The van der Waals surface area contributed by atoms with Crippen LogP contribution in [0.5, 0.6) is 0 Å². The molecule has 1 fully saturated rings. The smallest absolute Gasteiger partial charge is 0.269 e. The van der Waals surface area contributed by atoms with Crippen molar-refractivity contribution in [3.05, 3.63) is 39.9 Å². The van der Waals surface area contributed by atoms with Gasteiger partial charge in [0.25, 0.3) is 5.69 Å². The number of hydrogen-bond acceptors (Lipinski definition) is 5. The molecule has 2 rings (SSSR count). The van der Waals surface area contributed by atoms with Crippen LogP contribution < -0.4 is 5.32 Å². The first-order valence-corrected chi connectivity index (χ1v) is 7.94. The Morgan fingerprint density at radius 1 is 1.40 bits per heavy atom. The zero-order valence-electron chi connectivity index (χ0n) is 11.2. The molecule has 1 aliphatic heterocycles. The number of sulfonamides is 1. The van der Waals surface area contributed by atoms with Crippen molar-refractivity contribution in [1.82, 2.24) is 9.62 Å². The van der Waals surface area contributed by atoms with E-state index >= 15 is 0 Å². The maximum absolute atomic E-state index is 12.3. The van der Waals surface area contributed by atoms with Crippen LogP contribution in [0.15, 0.2) is 24.3 Å². The van der Waals surface area contributed by atoms with Gasteiger partial charge in [0.2, 0.25) is 10.0 Å². The van der Waals surface area contributed by atoms with Gasteiger partial charge < -0.3 is 5.32 Å². The summed E-state index contributed by atoms with van der Waals surface area (Å²) in [5.41, 5.74) is 0.517. The second kappa shape index (κ2) is 5.86. The zero-order chi connectivity index (χ0) is 14.8. The van der Waals surface area contributed by atoms with Gasteiger partial charge in [0.1, 0.15) is 0 Å². The van der Waals surface area contributed by atoms with E-state index in [0.717, 1.165) is 0 Å². The molecule has 0 saturated carbocycles. The highest BCUT2D eigenvalue weighted by atomic mass is 32.2. The lowest BCUT2D eigenvalue weighted by Gasteiger charge is -2.31. The number of nitrogens with zero attached hydrogens (tertiary/aromatic N) is 2. The molecule has 0 amide bonds. The third kappa shape index (κ3) is 3.53. The molecule has 20 heavy (non-hydrogen) atoms. The molecule has 0 radical (unpaired) electrons. The summed E-state index contributed by atoms with van der Waals surface area (Å²) in [4.78, 5) is 10.0. The quantitative estimate of drug-likeness (QED) is 0.653. The maximum Gasteiger partial charge on any atom is 0.269 e. The van der Waals surface area contributed by atoms with Gasteiger partial charge in [-0.05, 0) is 12.5 Å². The number of piperazine rings is 1. The van der Waals surface area contributed by atoms with E-state index in [0.29, 0.717) is 25.2 Å². The third-order valence-electron chi connectivity index (χ3n) is 3.22. The van der Waals surface area contributed by atoms with Crippen LogP contribution in [-0.4, -0.2) is 43.3 Å². The third-order valence-corrected chi connectivity index (χ3v) is 5.04. The first-order chi connectivity index (χ1) is 9.38. The van der Waals surface area contributed by atoms with Crippen LogP contribution in [0.1, 0.15) is 12.5 Å². The van der Waals surface area contributed by atoms with Crippen molar-refractivity contribution in [2.24, 2.45) is 0 Å². The minimum absolute atomic E-state index is 0.0399. The SMILES string of the molecule is C[C@@H]1CN(S(=O)(=O)Cc2ccc([N+](=O)[O-])cc2)CCN1. The first kappa shape index (κ1) is 14.9. The highest BCUT2D eigenvalue weighted by Gasteiger charge is 2.26. The summed E-state index contributed by atoms with van der Waals surface area (Å²) in [6, 6.07) is 5.76. The number of rotatable bonds is 4. The summed E-state index contributed by atoms with van der Waals surface area (Å²) in [6.45, 7) is 3.49. The molecular formula is C12H17N3O4S. The monoisotopic (exact) mass is 299 g/mol. The average Bonchev–Trinajstić information content (AvgIpc) is 2.39. The van der Waals surface area contributed by atoms with Crippen molar-refractivity contribution in [2.45, 2.75) is 18.7 Å². The molecule has 0 bridgehead atoms. The molecule has 7 nitrogen and oxygen atoms in total. The minimum atomic E-state index is -3.38. The first-order valence-electron chi connectivity index (χ1n) is 6.33. The fourth-order valence-electron chi connectivity index (χ4n) is 2.17. The van der Waals surface area contributed by atoms with E-state index < -0.39 is 14.9 Å². The Hall–Kier alpha value is -1.51. The number of nitrogens with one attached hydrogen (secondary N) is 1. The van der Waals surface area contributed by atoms with Gasteiger partial charge in [-0.3, -0.25) is 10.1 Å². The molecule has 1 atom stereocenters. The molecule has 0 spiro atoms. The van der Waals surface area contributed by atoms with Crippen LogP contribution in [-0.2, 0) is 15.8 Å². The molecule has 1 aromatic rings. The lowest BCUT2D eigenvalue weighted by Crippen LogP contribution is -2.51. The fraction of sp³-hybridized carbons (Fsp3) is 0.500. The highest BCUT2D eigenvalue weighted by Crippen LogP contribution is 2.16. The van der Waals surface area contributed by atoms with Gasteiger partial charge in [-0.15, -0.1) is 0 Å². The van der Waals surface area contributed by atoms with Crippen molar-refractivity contribution in [3.63, 3.8) is 0 Å². The molecular weight excluding hydrogens is 282 g/mol. The molecule has 1 aromatic carbocycles. The van der Waals surface area contributed by atoms with Crippen LogP contribution >= 0.6 is 0 Å². The van der Waals surface area contributed by atoms with Crippen molar-refractivity contribution >= 4 is 15.7 Å². The standard InChI is InChI=1S/C12H17N3O4S/c1-10-8-14(7-6-13-10)20(18,19)9-11-2-4-12(5-3-11)15(16)17/h2-5,10,13H,6-9H2,1H3/t10-/m1/s1. The summed E-state index contributed by atoms with van der Waals surface area (Å²) in [5, 5.41) is 13.7. The number of nitro groups is 1. The minimum Gasteiger partial charge on any atom is -0.312 e. The lowest BCUT2D eigenvalue weighted by molar-refractivity contribution is -0.384. The van der Waals surface area contributed by atoms with Crippen LogP contribution in [0, 0.1) is 10.1 Å². The summed E-state index contributed by atoms with van der Waals surface area (Å²) >= 11 is 0. The molecule has 8 heteroatoms. The zero-order valence-corrected chi connectivity index (χ0v) is 12.0. The molecule has 0 unspecified atom stereocenters. The second-order valence-electron chi connectivity index (χ2n) is 4.89. The Bertz CT molecular complexity index is 585. The van der Waals surface area contributed by atoms with Crippen molar-refractivity contribution in [2.75, 3.05) is 19.6 Å². The van der Waals surface area contributed by atoms with Crippen molar-refractivity contribution in [3.8, 4) is 0 Å².